The van der Waals surface area contributed by atoms with Gasteiger partial charge < -0.3 is 20.1 Å². The lowest BCUT2D eigenvalue weighted by Gasteiger charge is -2.13. The fourth-order valence-corrected chi connectivity index (χ4v) is 4.80. The minimum absolute atomic E-state index is 0.153. The molecule has 0 aliphatic carbocycles. The molecular formula is C16H31N3O4S. The fraction of sp³-hybridized carbons (Fsp3) is 0.938. The molecule has 2 aliphatic rings. The Balaban J connectivity index is 1.58. The van der Waals surface area contributed by atoms with Crippen LogP contribution in [0.25, 0.3) is 0 Å². The monoisotopic (exact) mass is 361 g/mol. The molecule has 0 aromatic heterocycles. The number of rotatable bonds is 9. The zero-order valence-electron chi connectivity index (χ0n) is 14.6. The van der Waals surface area contributed by atoms with Gasteiger partial charge in [-0.1, -0.05) is 0 Å². The maximum atomic E-state index is 11.5. The van der Waals surface area contributed by atoms with Gasteiger partial charge in [-0.05, 0) is 38.5 Å². The molecular weight excluding hydrogens is 330 g/mol. The van der Waals surface area contributed by atoms with Crippen LogP contribution in [-0.4, -0.2) is 71.4 Å². The first-order valence-electron chi connectivity index (χ1n) is 9.01. The van der Waals surface area contributed by atoms with Gasteiger partial charge in [0.1, 0.15) is 0 Å². The molecule has 2 fully saturated rings. The third-order valence-electron chi connectivity index (χ3n) is 4.26. The van der Waals surface area contributed by atoms with Crippen LogP contribution in [0.1, 0.15) is 32.6 Å². The van der Waals surface area contributed by atoms with Crippen LogP contribution in [0, 0.1) is 5.92 Å². The van der Waals surface area contributed by atoms with Crippen molar-refractivity contribution in [2.45, 2.75) is 38.7 Å². The smallest absolute Gasteiger partial charge is 0.191 e. The van der Waals surface area contributed by atoms with Crippen LogP contribution in [0.3, 0.4) is 0 Å². The van der Waals surface area contributed by atoms with Crippen LogP contribution in [0.15, 0.2) is 4.99 Å². The SMILES string of the molecule is CCNC(=NCC1CCS(=O)(=O)C1)NCCCOCC1CCCO1. The first kappa shape index (κ1) is 19.5. The summed E-state index contributed by atoms with van der Waals surface area (Å²) in [6.07, 6.45) is 4.14. The molecule has 2 heterocycles. The molecule has 0 aromatic rings. The molecule has 140 valence electrons. The van der Waals surface area contributed by atoms with E-state index in [0.717, 1.165) is 51.3 Å². The van der Waals surface area contributed by atoms with E-state index in [1.54, 1.807) is 0 Å². The van der Waals surface area contributed by atoms with E-state index < -0.39 is 9.84 Å². The minimum Gasteiger partial charge on any atom is -0.379 e. The van der Waals surface area contributed by atoms with Crippen LogP contribution >= 0.6 is 0 Å². The second-order valence-electron chi connectivity index (χ2n) is 6.48. The number of hydrogen-bond acceptors (Lipinski definition) is 5. The predicted octanol–water partition coefficient (Wildman–Crippen LogP) is 0.562. The fourth-order valence-electron chi connectivity index (χ4n) is 2.95. The lowest BCUT2D eigenvalue weighted by molar-refractivity contribution is 0.0168. The number of aliphatic imine (C=N–C) groups is 1. The summed E-state index contributed by atoms with van der Waals surface area (Å²) in [5, 5.41) is 6.46. The van der Waals surface area contributed by atoms with Crippen molar-refractivity contribution in [2.24, 2.45) is 10.9 Å². The summed E-state index contributed by atoms with van der Waals surface area (Å²) in [6, 6.07) is 0. The molecule has 24 heavy (non-hydrogen) atoms. The third-order valence-corrected chi connectivity index (χ3v) is 6.10. The van der Waals surface area contributed by atoms with Gasteiger partial charge in [0.05, 0.1) is 24.2 Å². The van der Waals surface area contributed by atoms with E-state index in [2.05, 4.69) is 15.6 Å². The zero-order chi connectivity index (χ0) is 17.3. The highest BCUT2D eigenvalue weighted by molar-refractivity contribution is 7.91. The molecule has 0 bridgehead atoms. The van der Waals surface area contributed by atoms with Crippen molar-refractivity contribution >= 4 is 15.8 Å². The van der Waals surface area contributed by atoms with Gasteiger partial charge in [0.25, 0.3) is 0 Å². The van der Waals surface area contributed by atoms with Crippen LogP contribution in [0.4, 0.5) is 0 Å². The molecule has 0 saturated carbocycles. The molecule has 2 atom stereocenters. The largest absolute Gasteiger partial charge is 0.379 e. The number of nitrogens with zero attached hydrogens (tertiary/aromatic N) is 1. The summed E-state index contributed by atoms with van der Waals surface area (Å²) in [7, 11) is -2.83. The average molecular weight is 362 g/mol. The summed E-state index contributed by atoms with van der Waals surface area (Å²) in [4.78, 5) is 4.51. The van der Waals surface area contributed by atoms with Crippen molar-refractivity contribution in [1.29, 1.82) is 0 Å². The van der Waals surface area contributed by atoms with Crippen LogP contribution in [0.5, 0.6) is 0 Å². The summed E-state index contributed by atoms with van der Waals surface area (Å²) in [5.74, 6) is 1.48. The molecule has 7 nitrogen and oxygen atoms in total. The van der Waals surface area contributed by atoms with E-state index in [4.69, 9.17) is 9.47 Å². The van der Waals surface area contributed by atoms with Crippen molar-refractivity contribution in [3.05, 3.63) is 0 Å². The lowest BCUT2D eigenvalue weighted by atomic mass is 10.1. The van der Waals surface area contributed by atoms with Gasteiger partial charge in [-0.15, -0.1) is 0 Å². The highest BCUT2D eigenvalue weighted by atomic mass is 32.2. The van der Waals surface area contributed by atoms with Gasteiger partial charge in [-0.2, -0.15) is 0 Å². The topological polar surface area (TPSA) is 89.0 Å². The summed E-state index contributed by atoms with van der Waals surface area (Å²) < 4.78 is 34.1. The maximum Gasteiger partial charge on any atom is 0.191 e. The first-order chi connectivity index (χ1) is 11.6. The second kappa shape index (κ2) is 10.2. The van der Waals surface area contributed by atoms with Gasteiger partial charge in [-0.25, -0.2) is 8.42 Å². The summed E-state index contributed by atoms with van der Waals surface area (Å²) in [5.41, 5.74) is 0. The summed E-state index contributed by atoms with van der Waals surface area (Å²) >= 11 is 0. The lowest BCUT2D eigenvalue weighted by Crippen LogP contribution is -2.38. The van der Waals surface area contributed by atoms with E-state index in [9.17, 15) is 8.42 Å². The molecule has 0 amide bonds. The predicted molar refractivity (Wildman–Crippen MR) is 95.2 cm³/mol. The third kappa shape index (κ3) is 7.36. The number of ether oxygens (including phenoxy) is 2. The zero-order valence-corrected chi connectivity index (χ0v) is 15.4. The Bertz CT molecular complexity index is 490. The quantitative estimate of drug-likeness (QED) is 0.354. The molecule has 8 heteroatoms. The maximum absolute atomic E-state index is 11.5. The van der Waals surface area contributed by atoms with Crippen molar-refractivity contribution in [3.8, 4) is 0 Å². The Hall–Kier alpha value is -0.860. The Labute approximate surface area is 145 Å². The highest BCUT2D eigenvalue weighted by Gasteiger charge is 2.27. The van der Waals surface area contributed by atoms with E-state index in [-0.39, 0.29) is 17.8 Å². The molecule has 2 aliphatic heterocycles. The number of hydrogen-bond donors (Lipinski definition) is 2. The van der Waals surface area contributed by atoms with Crippen molar-refractivity contribution in [2.75, 3.05) is 51.0 Å². The van der Waals surface area contributed by atoms with Gasteiger partial charge in [0, 0.05) is 32.8 Å². The van der Waals surface area contributed by atoms with Gasteiger partial charge >= 0.3 is 0 Å². The van der Waals surface area contributed by atoms with Gasteiger partial charge in [0.2, 0.25) is 0 Å². The molecule has 2 N–H and O–H groups in total. The van der Waals surface area contributed by atoms with E-state index in [1.807, 2.05) is 6.92 Å². The second-order valence-corrected chi connectivity index (χ2v) is 8.71. The molecule has 0 radical (unpaired) electrons. The minimum atomic E-state index is -2.83. The normalized spacial score (nSPS) is 26.6. The number of nitrogens with one attached hydrogen (secondary N) is 2. The molecule has 2 rings (SSSR count). The van der Waals surface area contributed by atoms with Crippen LogP contribution < -0.4 is 10.6 Å². The van der Waals surface area contributed by atoms with Gasteiger partial charge in [-0.3, -0.25) is 4.99 Å². The van der Waals surface area contributed by atoms with E-state index in [0.29, 0.717) is 25.5 Å². The molecule has 2 unspecified atom stereocenters. The van der Waals surface area contributed by atoms with Crippen molar-refractivity contribution < 1.29 is 17.9 Å². The Kier molecular flexibility index (Phi) is 8.28. The standard InChI is InChI=1S/C16H31N3O4S/c1-2-17-16(19-11-14-6-10-24(20,21)13-14)18-7-4-8-22-12-15-5-3-9-23-15/h14-15H,2-13H2,1H3,(H2,17,18,19). The van der Waals surface area contributed by atoms with Gasteiger partial charge in [0.15, 0.2) is 15.8 Å². The molecule has 0 aromatic carbocycles. The van der Waals surface area contributed by atoms with Crippen molar-refractivity contribution in [1.82, 2.24) is 10.6 Å². The molecule has 0 spiro atoms. The highest BCUT2D eigenvalue weighted by Crippen LogP contribution is 2.18. The Morgan fingerprint density at radius 3 is 2.88 bits per heavy atom. The number of sulfone groups is 1. The van der Waals surface area contributed by atoms with E-state index in [1.165, 1.54) is 0 Å². The number of guanidine groups is 1. The summed E-state index contributed by atoms with van der Waals surface area (Å²) in [6.45, 7) is 6.38. The Morgan fingerprint density at radius 1 is 1.33 bits per heavy atom. The van der Waals surface area contributed by atoms with Crippen LogP contribution in [0.2, 0.25) is 0 Å². The average Bonchev–Trinajstić information content (AvgIpc) is 3.17. The van der Waals surface area contributed by atoms with Crippen LogP contribution in [-0.2, 0) is 19.3 Å². The first-order valence-corrected chi connectivity index (χ1v) is 10.8. The Morgan fingerprint density at radius 2 is 2.21 bits per heavy atom. The van der Waals surface area contributed by atoms with Crippen molar-refractivity contribution in [3.63, 3.8) is 0 Å². The molecule has 2 saturated heterocycles. The van der Waals surface area contributed by atoms with E-state index >= 15 is 0 Å².